The van der Waals surface area contributed by atoms with Gasteiger partial charge in [0.2, 0.25) is 100 Å². The second-order valence-corrected chi connectivity index (χ2v) is 37.3. The van der Waals surface area contributed by atoms with E-state index >= 15 is 43.2 Å². The Kier molecular flexibility index (Phi) is 40.0. The van der Waals surface area contributed by atoms with Crippen molar-refractivity contribution < 1.29 is 91.7 Å². The van der Waals surface area contributed by atoms with Crippen LogP contribution in [0.3, 0.4) is 0 Å². The van der Waals surface area contributed by atoms with Crippen molar-refractivity contribution in [1.29, 1.82) is 5.41 Å². The van der Waals surface area contributed by atoms with Gasteiger partial charge in [0.25, 0.3) is 0 Å². The van der Waals surface area contributed by atoms with E-state index < -0.39 is 222 Å². The molecule has 3 fully saturated rings. The van der Waals surface area contributed by atoms with Crippen LogP contribution >= 0.6 is 11.8 Å². The number of aliphatic hydroxyl groups is 1. The molecule has 0 aliphatic carbocycles. The lowest BCUT2D eigenvalue weighted by molar-refractivity contribution is -0.149. The van der Waals surface area contributed by atoms with E-state index in [0.29, 0.717) is 81.1 Å². The molecule has 44 heteroatoms. The highest BCUT2D eigenvalue weighted by molar-refractivity contribution is 8.00. The molecular weight excluding hydrogens is 1840 g/mol. The molecule has 7 aromatic rings. The lowest BCUT2D eigenvalue weighted by atomic mass is 9.96. The number of aromatic amines is 3. The van der Waals surface area contributed by atoms with E-state index in [1.807, 2.05) is 56.3 Å². The maximum atomic E-state index is 16.2. The van der Waals surface area contributed by atoms with Crippen molar-refractivity contribution in [1.82, 2.24) is 103 Å². The van der Waals surface area contributed by atoms with Gasteiger partial charge in [0.15, 0.2) is 5.96 Å². The maximum Gasteiger partial charge on any atom is 0.246 e. The third-order valence-corrected chi connectivity index (χ3v) is 26.5. The molecule has 23 N–H and O–H groups in total. The number of H-pyrrole nitrogens is 3. The maximum absolute atomic E-state index is 16.2. The largest absolute Gasteiger partial charge is 0.508 e. The number of hydrogen-bond acceptors (Lipinski definition) is 22. The highest BCUT2D eigenvalue weighted by Crippen LogP contribution is 2.34. The molecule has 0 radical (unpaired) electrons. The van der Waals surface area contributed by atoms with Crippen LogP contribution in [0.2, 0.25) is 0 Å². The van der Waals surface area contributed by atoms with Crippen LogP contribution in [0.1, 0.15) is 147 Å². The number of guanidine groups is 1. The summed E-state index contributed by atoms with van der Waals surface area (Å²) in [4.78, 5) is 272. The second-order valence-electron chi connectivity index (χ2n) is 36.3. The second kappa shape index (κ2) is 52.0. The molecule has 43 nitrogen and oxygen atoms in total. The minimum absolute atomic E-state index is 0.00243. The van der Waals surface area contributed by atoms with Crippen molar-refractivity contribution >= 4 is 140 Å². The Balaban J connectivity index is 1.04. The standard InChI is InChI=1S/C97H132N24O19S/c1-9-11-30-75-89(133)109-66(29-20-38-103-97(100)101)85(129)116-74(84(128)105-49-80(99)125)51-141-52-81(126)107-70(42-56-34-36-60(123)37-35-56)92(136)117(6)55(5)83(127)112-72(46-79(98)124)95(139)121-40-22-33-77(121)91(135)111-68(44-59-48-102-53-106-59)87(131)113-69(41-54(3)4)94(138)120-39-21-32-76(120)90(134)110-67(43-58-47-104-64-27-18-16-25-61(58)64)86(130)115-73(50-122)88(132)114-71(93(137)119(8)78(31-12-10-2)96(140)118(75)7)45-63-62-26-17-19-28-65(62)108-82(63)57-23-14-13-15-24-57/h13-19,23-28,34-37,47-48,53-55,66-78,104,108,122-123H,9-12,20-22,29-33,38-46,49-52H2,1-8H3,(H2,98,124)(H2,99,125)(H,102,106)(H,105,128)(H,107,126)(H,109,133)(H,110,134)(H,111,135)(H,112,127)(H,113,131)(H,114,132)(H,115,130)(H,116,129)(H4,100,101,103)/t55-,66?,67-,68-,69-,70-,71-,72-,73-,74-,75-,76-,77-,78-/m0/s1. The summed E-state index contributed by atoms with van der Waals surface area (Å²) in [5, 5.41) is 60.4. The molecule has 1 unspecified atom stereocenters. The highest BCUT2D eigenvalue weighted by atomic mass is 32.2. The quantitative estimate of drug-likeness (QED) is 0.0180. The third-order valence-electron chi connectivity index (χ3n) is 25.5. The molecule has 0 bridgehead atoms. The number of para-hydroxylation sites is 2. The van der Waals surface area contributed by atoms with Crippen LogP contribution < -0.4 is 75.7 Å². The van der Waals surface area contributed by atoms with E-state index in [4.69, 9.17) is 22.6 Å². The van der Waals surface area contributed by atoms with Gasteiger partial charge >= 0.3 is 0 Å². The normalized spacial score (nSPS) is 23.7. The number of fused-ring (bicyclic) bond motifs is 4. The van der Waals surface area contributed by atoms with Crippen molar-refractivity contribution in [2.24, 2.45) is 23.1 Å². The van der Waals surface area contributed by atoms with E-state index in [1.165, 1.54) is 74.7 Å². The first kappa shape index (κ1) is 109. The number of aliphatic hydroxyl groups excluding tert-OH is 1. The zero-order valence-electron chi connectivity index (χ0n) is 80.5. The Bertz CT molecular complexity index is 5600. The summed E-state index contributed by atoms with van der Waals surface area (Å²) in [5.74, 6) is -17.4. The van der Waals surface area contributed by atoms with Gasteiger partial charge in [-0.2, -0.15) is 0 Å². The Hall–Kier alpha value is -14.5. The number of carbonyl (C=O) groups is 17. The van der Waals surface area contributed by atoms with Gasteiger partial charge in [-0.3, -0.25) is 86.9 Å². The number of imidazole rings is 1. The molecule has 141 heavy (non-hydrogen) atoms. The van der Waals surface area contributed by atoms with E-state index in [9.17, 15) is 48.6 Å². The number of carbonyl (C=O) groups excluding carboxylic acids is 17. The lowest BCUT2D eigenvalue weighted by Crippen LogP contribution is -2.62. The van der Waals surface area contributed by atoms with Crippen LogP contribution in [0.25, 0.3) is 33.1 Å². The number of nitrogens with zero attached hydrogens (tertiary/aromatic N) is 6. The van der Waals surface area contributed by atoms with Crippen LogP contribution in [0, 0.1) is 11.3 Å². The molecule has 17 amide bonds. The number of likely N-dealkylation sites (N-methyl/N-ethyl adjacent to an activating group) is 3. The molecule has 0 saturated carbocycles. The minimum Gasteiger partial charge on any atom is -0.508 e. The number of benzene rings is 4. The molecule has 10 rings (SSSR count). The number of rotatable bonds is 27. The van der Waals surface area contributed by atoms with E-state index in [0.717, 1.165) is 26.5 Å². The van der Waals surface area contributed by atoms with Crippen molar-refractivity contribution in [2.45, 2.75) is 235 Å². The van der Waals surface area contributed by atoms with Crippen LogP contribution in [-0.2, 0) is 107 Å². The number of nitrogens with one attached hydrogen (secondary N) is 15. The Labute approximate surface area is 820 Å². The van der Waals surface area contributed by atoms with Gasteiger partial charge < -0.3 is 125 Å². The first-order valence-corrected chi connectivity index (χ1v) is 48.7. The molecule has 4 aromatic carbocycles. The summed E-state index contributed by atoms with van der Waals surface area (Å²) in [6, 6.07) is 7.64. The smallest absolute Gasteiger partial charge is 0.246 e. The van der Waals surface area contributed by atoms with Crippen molar-refractivity contribution in [3.63, 3.8) is 0 Å². The molecule has 3 aromatic heterocycles. The summed E-state index contributed by atoms with van der Waals surface area (Å²) in [6.45, 7) is 6.62. The molecule has 0 spiro atoms. The van der Waals surface area contributed by atoms with Crippen molar-refractivity contribution in [3.8, 4) is 17.0 Å². The van der Waals surface area contributed by atoms with Crippen LogP contribution in [0.5, 0.6) is 5.75 Å². The minimum atomic E-state index is -1.88. The van der Waals surface area contributed by atoms with Gasteiger partial charge in [-0.15, -0.1) is 11.8 Å². The number of phenolic OH excluding ortho intramolecular Hbond substituents is 1. The van der Waals surface area contributed by atoms with Crippen LogP contribution in [0.4, 0.5) is 0 Å². The first-order chi connectivity index (χ1) is 67.4. The summed E-state index contributed by atoms with van der Waals surface area (Å²) in [6.07, 6.45) is 4.37. The summed E-state index contributed by atoms with van der Waals surface area (Å²) in [7, 11) is 3.95. The molecule has 14 atom stereocenters. The number of aromatic nitrogens is 4. The van der Waals surface area contributed by atoms with E-state index in [1.54, 1.807) is 56.4 Å². The average molecular weight is 1970 g/mol. The SMILES string of the molecule is CCCC[C@H]1C(=O)N(C)[C@@H](CCCC)C(=O)NC(CCCNC(=N)N)C(=O)N[C@H](C(=O)NCC(N)=O)CSCC(=O)N[C@@H](Cc2ccc(O)cc2)C(=O)N(C)[C@@H](C)C(=O)N[C@@H](CC(N)=O)C(=O)N2CCC[C@H]2C(=O)N[C@@H](Cc2cnc[nH]2)C(=O)N[C@@H](CC(C)C)C(=O)N2CCC[C@H]2C(=O)N[C@@H](Cc2c[nH]c3ccccc23)C(=O)N[C@@H](CO)C(=O)N[C@@H](Cc2c(-c3ccccc3)[nH]c3ccccc23)C(=O)N1C. The molecule has 3 aliphatic heterocycles. The summed E-state index contributed by atoms with van der Waals surface area (Å²) < 4.78 is 0. The summed E-state index contributed by atoms with van der Waals surface area (Å²) >= 11 is 0.766. The third kappa shape index (κ3) is 29.8. The number of unbranched alkanes of at least 4 members (excludes halogenated alkanes) is 2. The van der Waals surface area contributed by atoms with Gasteiger partial charge in [-0.05, 0) is 117 Å². The van der Waals surface area contributed by atoms with E-state index in [-0.39, 0.29) is 115 Å². The predicted octanol–water partition coefficient (Wildman–Crippen LogP) is -0.233. The molecule has 3 saturated heterocycles. The molecule has 760 valence electrons. The lowest BCUT2D eigenvalue weighted by Gasteiger charge is -2.36. The Morgan fingerprint density at radius 2 is 1.08 bits per heavy atom. The fourth-order valence-electron chi connectivity index (χ4n) is 17.7. The zero-order valence-corrected chi connectivity index (χ0v) is 81.4. The summed E-state index contributed by atoms with van der Waals surface area (Å²) in [5.41, 5.74) is 21.2. The highest BCUT2D eigenvalue weighted by Gasteiger charge is 2.46. The van der Waals surface area contributed by atoms with Crippen molar-refractivity contribution in [2.75, 3.05) is 65.4 Å². The van der Waals surface area contributed by atoms with Gasteiger partial charge in [0, 0.05) is 118 Å². The molecule has 6 heterocycles. The average Bonchev–Trinajstić information content (AvgIpc) is 1.62. The van der Waals surface area contributed by atoms with Crippen molar-refractivity contribution in [3.05, 3.63) is 144 Å². The number of hydrogen-bond donors (Lipinski definition) is 20. The molecular formula is C97H132N24O19S. The van der Waals surface area contributed by atoms with Crippen LogP contribution in [-0.4, -0.2) is 311 Å². The number of thioether (sulfide) groups is 1. The first-order valence-electron chi connectivity index (χ1n) is 47.6. The topological polar surface area (TPSA) is 641 Å². The predicted molar refractivity (Wildman–Crippen MR) is 524 cm³/mol. The number of primary amides is 2. The number of aromatic hydroxyl groups is 1. The Morgan fingerprint density at radius 3 is 1.69 bits per heavy atom. The number of nitrogens with two attached hydrogens (primary N) is 3. The van der Waals surface area contributed by atoms with Gasteiger partial charge in [0.1, 0.15) is 90.3 Å². The van der Waals surface area contributed by atoms with Crippen LogP contribution in [0.15, 0.2) is 122 Å². The fourth-order valence-corrected chi connectivity index (χ4v) is 18.6. The molecule has 3 aliphatic rings. The van der Waals surface area contributed by atoms with Gasteiger partial charge in [-0.1, -0.05) is 132 Å². The van der Waals surface area contributed by atoms with E-state index in [2.05, 4.69) is 78.4 Å². The Morgan fingerprint density at radius 1 is 0.532 bits per heavy atom. The number of phenols is 1. The number of amides is 17. The van der Waals surface area contributed by atoms with Gasteiger partial charge in [-0.25, -0.2) is 4.98 Å². The zero-order chi connectivity index (χ0) is 102. The monoisotopic (exact) mass is 1970 g/mol. The fraction of sp³-hybridized carbons (Fsp3) is 0.495. The van der Waals surface area contributed by atoms with Gasteiger partial charge in [0.05, 0.1) is 31.7 Å².